The molecule has 41 heavy (non-hydrogen) atoms. The van der Waals surface area contributed by atoms with Crippen LogP contribution in [0.1, 0.15) is 11.4 Å². The van der Waals surface area contributed by atoms with Crippen LogP contribution < -0.4 is 0 Å². The van der Waals surface area contributed by atoms with Crippen molar-refractivity contribution >= 4 is 44.4 Å². The van der Waals surface area contributed by atoms with Gasteiger partial charge >= 0.3 is 0 Å². The lowest BCUT2D eigenvalue weighted by molar-refractivity contribution is 1.22. The summed E-state index contributed by atoms with van der Waals surface area (Å²) in [4.78, 5) is 10.2. The van der Waals surface area contributed by atoms with Gasteiger partial charge in [0, 0.05) is 20.9 Å². The predicted octanol–water partition coefficient (Wildman–Crippen LogP) is 10.7. The number of aromatic nitrogens is 2. The van der Waals surface area contributed by atoms with Gasteiger partial charge in [-0.25, -0.2) is 4.98 Å². The van der Waals surface area contributed by atoms with Gasteiger partial charge in [-0.3, -0.25) is 4.98 Å². The highest BCUT2D eigenvalue weighted by Gasteiger charge is 2.15. The Labute approximate surface area is 253 Å². The Balaban J connectivity index is 1.37. The van der Waals surface area contributed by atoms with Crippen molar-refractivity contribution < 1.29 is 0 Å². The monoisotopic (exact) mass is 638 g/mol. The van der Waals surface area contributed by atoms with Crippen molar-refractivity contribution in [3.8, 4) is 44.5 Å². The highest BCUT2D eigenvalue weighted by atomic mass is 127. The summed E-state index contributed by atoms with van der Waals surface area (Å²) >= 11 is 2.41. The lowest BCUT2D eigenvalue weighted by Gasteiger charge is -2.14. The van der Waals surface area contributed by atoms with Crippen molar-refractivity contribution in [2.24, 2.45) is 0 Å². The molecule has 0 aliphatic rings. The van der Waals surface area contributed by atoms with E-state index in [2.05, 4.69) is 163 Å². The van der Waals surface area contributed by atoms with Crippen LogP contribution in [-0.2, 0) is 4.43 Å². The Morgan fingerprint density at radius 3 is 1.37 bits per heavy atom. The Kier molecular flexibility index (Phi) is 6.81. The Hall–Kier alpha value is -4.35. The van der Waals surface area contributed by atoms with E-state index in [-0.39, 0.29) is 0 Å². The van der Waals surface area contributed by atoms with Gasteiger partial charge in [-0.05, 0) is 63.6 Å². The van der Waals surface area contributed by atoms with Gasteiger partial charge in [-0.1, -0.05) is 144 Å². The maximum Gasteiger partial charge on any atom is 0.0974 e. The molecule has 0 amide bonds. The number of hydrogen-bond acceptors (Lipinski definition) is 2. The molecular formula is C38H27IN2. The smallest absolute Gasteiger partial charge is 0.0974 e. The van der Waals surface area contributed by atoms with Crippen LogP contribution in [0.15, 0.2) is 133 Å². The van der Waals surface area contributed by atoms with E-state index in [9.17, 15) is 0 Å². The number of fused-ring (bicyclic) bond motifs is 3. The minimum absolute atomic E-state index is 0.832. The van der Waals surface area contributed by atoms with Gasteiger partial charge in [-0.15, -0.1) is 0 Å². The second-order valence-electron chi connectivity index (χ2n) is 10.4. The van der Waals surface area contributed by atoms with Crippen LogP contribution in [0.5, 0.6) is 0 Å². The first-order valence-electron chi connectivity index (χ1n) is 13.8. The first-order valence-corrected chi connectivity index (χ1v) is 15.3. The average molecular weight is 639 g/mol. The fraction of sp³-hybridized carbons (Fsp3) is 0.0526. The zero-order chi connectivity index (χ0) is 27.8. The van der Waals surface area contributed by atoms with Gasteiger partial charge in [0.15, 0.2) is 0 Å². The number of alkyl halides is 1. The van der Waals surface area contributed by atoms with Crippen molar-refractivity contribution in [2.45, 2.75) is 11.4 Å². The van der Waals surface area contributed by atoms with E-state index in [1.807, 2.05) is 0 Å². The zero-order valence-corrected chi connectivity index (χ0v) is 24.8. The number of nitrogens with zero attached hydrogens (tertiary/aromatic N) is 2. The van der Waals surface area contributed by atoms with E-state index in [1.54, 1.807) is 0 Å². The summed E-state index contributed by atoms with van der Waals surface area (Å²) in [5.74, 6) is 0. The summed E-state index contributed by atoms with van der Waals surface area (Å²) in [6.45, 7) is 2.07. The highest BCUT2D eigenvalue weighted by molar-refractivity contribution is 14.1. The van der Waals surface area contributed by atoms with Crippen molar-refractivity contribution in [1.82, 2.24) is 9.97 Å². The van der Waals surface area contributed by atoms with Gasteiger partial charge in [0.25, 0.3) is 0 Å². The van der Waals surface area contributed by atoms with Crippen LogP contribution in [-0.4, -0.2) is 9.97 Å². The quantitative estimate of drug-likeness (QED) is 0.107. The fourth-order valence-corrected chi connectivity index (χ4v) is 6.04. The van der Waals surface area contributed by atoms with Gasteiger partial charge in [0.1, 0.15) is 0 Å². The number of rotatable bonds is 5. The number of benzene rings is 5. The largest absolute Gasteiger partial charge is 0.251 e. The highest BCUT2D eigenvalue weighted by Crippen LogP contribution is 2.37. The van der Waals surface area contributed by atoms with Crippen molar-refractivity contribution in [3.05, 3.63) is 145 Å². The first kappa shape index (κ1) is 25.6. The van der Waals surface area contributed by atoms with E-state index in [0.29, 0.717) is 0 Å². The van der Waals surface area contributed by atoms with Gasteiger partial charge in [0.2, 0.25) is 0 Å². The Morgan fingerprint density at radius 1 is 0.463 bits per heavy atom. The van der Waals surface area contributed by atoms with E-state index in [1.165, 1.54) is 44.5 Å². The second kappa shape index (κ2) is 10.9. The Morgan fingerprint density at radius 2 is 0.878 bits per heavy atom. The number of aryl methyl sites for hydroxylation is 1. The van der Waals surface area contributed by atoms with E-state index in [4.69, 9.17) is 9.97 Å². The molecule has 0 N–H and O–H groups in total. The summed E-state index contributed by atoms with van der Waals surface area (Å²) in [7, 11) is 0. The molecule has 2 aromatic heterocycles. The topological polar surface area (TPSA) is 25.8 Å². The third kappa shape index (κ3) is 4.91. The zero-order valence-electron chi connectivity index (χ0n) is 22.7. The van der Waals surface area contributed by atoms with Gasteiger partial charge < -0.3 is 0 Å². The normalized spacial score (nSPS) is 11.3. The lowest BCUT2D eigenvalue weighted by atomic mass is 9.94. The minimum Gasteiger partial charge on any atom is -0.251 e. The molecule has 0 aliphatic heterocycles. The fourth-order valence-electron chi connectivity index (χ4n) is 5.65. The molecule has 5 aromatic carbocycles. The van der Waals surface area contributed by atoms with Crippen LogP contribution in [0.4, 0.5) is 0 Å². The van der Waals surface area contributed by atoms with Crippen LogP contribution in [0.25, 0.3) is 66.3 Å². The molecule has 2 nitrogen and oxygen atoms in total. The van der Waals surface area contributed by atoms with E-state index < -0.39 is 0 Å². The van der Waals surface area contributed by atoms with Gasteiger partial charge in [0.05, 0.1) is 16.7 Å². The van der Waals surface area contributed by atoms with Crippen molar-refractivity contribution in [2.75, 3.05) is 0 Å². The molecule has 0 spiro atoms. The lowest BCUT2D eigenvalue weighted by Crippen LogP contribution is -1.96. The molecule has 7 aromatic rings. The van der Waals surface area contributed by atoms with Crippen LogP contribution in [0.3, 0.4) is 0 Å². The van der Waals surface area contributed by atoms with Crippen LogP contribution in [0.2, 0.25) is 0 Å². The van der Waals surface area contributed by atoms with Crippen molar-refractivity contribution in [3.63, 3.8) is 0 Å². The summed E-state index contributed by atoms with van der Waals surface area (Å²) in [6, 6.07) is 47.6. The predicted molar refractivity (Wildman–Crippen MR) is 181 cm³/mol. The number of hydrogen-bond donors (Lipinski definition) is 0. The van der Waals surface area contributed by atoms with Crippen LogP contribution >= 0.6 is 22.6 Å². The molecule has 0 aliphatic carbocycles. The van der Waals surface area contributed by atoms with Crippen molar-refractivity contribution in [1.29, 1.82) is 0 Å². The summed E-state index contributed by atoms with van der Waals surface area (Å²) in [6.07, 6.45) is 0. The summed E-state index contributed by atoms with van der Waals surface area (Å²) < 4.78 is 0.832. The SMILES string of the molecule is Cc1cc(-c2ccc(-c3ccccc3)cc2)c2ccc3c(-c4ccc(-c5ccccc5)cc4)cc(CI)nc3c2n1. The second-order valence-corrected chi connectivity index (χ2v) is 11.1. The molecule has 3 heteroatoms. The first-order chi connectivity index (χ1) is 20.2. The van der Waals surface area contributed by atoms with Crippen LogP contribution in [0, 0.1) is 6.92 Å². The molecule has 0 saturated heterocycles. The number of halogens is 1. The average Bonchev–Trinajstić information content (AvgIpc) is 3.05. The third-order valence-electron chi connectivity index (χ3n) is 7.68. The number of pyridine rings is 2. The molecule has 0 bridgehead atoms. The molecule has 0 unspecified atom stereocenters. The maximum absolute atomic E-state index is 5.13. The summed E-state index contributed by atoms with van der Waals surface area (Å²) in [5.41, 5.74) is 13.6. The third-order valence-corrected chi connectivity index (χ3v) is 8.46. The molecule has 196 valence electrons. The van der Waals surface area contributed by atoms with E-state index >= 15 is 0 Å². The Bertz CT molecular complexity index is 2000. The summed E-state index contributed by atoms with van der Waals surface area (Å²) in [5, 5.41) is 2.25. The molecule has 7 rings (SSSR count). The van der Waals surface area contributed by atoms with Gasteiger partial charge in [-0.2, -0.15) is 0 Å². The molecular weight excluding hydrogens is 611 g/mol. The maximum atomic E-state index is 5.13. The molecule has 0 radical (unpaired) electrons. The van der Waals surface area contributed by atoms with E-state index in [0.717, 1.165) is 37.6 Å². The standard InChI is InChI=1S/C38H27IN2/c1-25-22-35(30-16-12-28(13-17-30)26-8-4-2-5-9-26)33-20-21-34-36(23-32(24-39)41-38(34)37(33)40-25)31-18-14-29(15-19-31)27-10-6-3-7-11-27/h2-23H,24H2,1H3. The minimum atomic E-state index is 0.832. The molecule has 2 heterocycles. The molecule has 0 atom stereocenters. The molecule has 0 fully saturated rings. The molecule has 0 saturated carbocycles.